The third-order valence-electron chi connectivity index (χ3n) is 5.92. The van der Waals surface area contributed by atoms with E-state index in [1.54, 1.807) is 0 Å². The van der Waals surface area contributed by atoms with Gasteiger partial charge in [0.05, 0.1) is 0 Å². The van der Waals surface area contributed by atoms with Crippen molar-refractivity contribution in [2.45, 2.75) is 78.3 Å². The topological polar surface area (TPSA) is 15.3 Å². The number of hydrogen-bond donors (Lipinski definition) is 1. The van der Waals surface area contributed by atoms with Gasteiger partial charge in [-0.05, 0) is 56.5 Å². The summed E-state index contributed by atoms with van der Waals surface area (Å²) in [6.45, 7) is 13.3. The summed E-state index contributed by atoms with van der Waals surface area (Å²) in [6, 6.07) is 1.55. The van der Waals surface area contributed by atoms with Crippen molar-refractivity contribution in [3.05, 3.63) is 0 Å². The zero-order valence-electron chi connectivity index (χ0n) is 14.2. The van der Waals surface area contributed by atoms with Crippen molar-refractivity contribution in [2.24, 2.45) is 17.8 Å². The Hall–Kier alpha value is -0.0800. The summed E-state index contributed by atoms with van der Waals surface area (Å²) in [7, 11) is 0. The Morgan fingerprint density at radius 1 is 1.05 bits per heavy atom. The first kappa shape index (κ1) is 16.3. The molecule has 0 bridgehead atoms. The van der Waals surface area contributed by atoms with Gasteiger partial charge in [-0.3, -0.25) is 4.90 Å². The van der Waals surface area contributed by atoms with Crippen LogP contribution in [-0.4, -0.2) is 36.6 Å². The third-order valence-corrected chi connectivity index (χ3v) is 5.92. The van der Waals surface area contributed by atoms with Crippen molar-refractivity contribution in [1.82, 2.24) is 10.2 Å². The van der Waals surface area contributed by atoms with Crippen molar-refractivity contribution in [3.8, 4) is 0 Å². The largest absolute Gasteiger partial charge is 0.313 e. The molecule has 2 heteroatoms. The van der Waals surface area contributed by atoms with Gasteiger partial charge in [-0.2, -0.15) is 0 Å². The molecule has 0 amide bonds. The van der Waals surface area contributed by atoms with E-state index in [0.717, 1.165) is 36.4 Å². The highest BCUT2D eigenvalue weighted by atomic mass is 15.2. The van der Waals surface area contributed by atoms with Crippen LogP contribution < -0.4 is 5.32 Å². The van der Waals surface area contributed by atoms with E-state index >= 15 is 0 Å². The minimum atomic E-state index is 0.744. The Bertz CT molecular complexity index is 279. The van der Waals surface area contributed by atoms with E-state index in [1.165, 1.54) is 51.6 Å². The second-order valence-electron chi connectivity index (χ2n) is 7.44. The molecule has 0 aromatic rings. The molecule has 118 valence electrons. The number of likely N-dealkylation sites (tertiary alicyclic amines) is 1. The molecule has 0 aromatic carbocycles. The summed E-state index contributed by atoms with van der Waals surface area (Å²) in [6.07, 6.45) is 8.47. The average molecular weight is 281 g/mol. The highest BCUT2D eigenvalue weighted by Crippen LogP contribution is 2.34. The van der Waals surface area contributed by atoms with E-state index in [4.69, 9.17) is 0 Å². The Labute approximate surface area is 126 Å². The van der Waals surface area contributed by atoms with Gasteiger partial charge in [-0.1, -0.05) is 40.5 Å². The normalized spacial score (nSPS) is 39.9. The van der Waals surface area contributed by atoms with Crippen molar-refractivity contribution in [3.63, 3.8) is 0 Å². The van der Waals surface area contributed by atoms with Crippen LogP contribution in [0.3, 0.4) is 0 Å². The standard InChI is InChI=1S/C18H36N2/c1-5-7-16-8-9-17(19-6-2)18(12-16)20-11-10-14(3)15(4)13-20/h14-19H,5-13H2,1-4H3. The lowest BCUT2D eigenvalue weighted by Gasteiger charge is -2.47. The van der Waals surface area contributed by atoms with Gasteiger partial charge in [-0.25, -0.2) is 0 Å². The molecule has 5 unspecified atom stereocenters. The highest BCUT2D eigenvalue weighted by Gasteiger charge is 2.36. The Morgan fingerprint density at radius 3 is 2.50 bits per heavy atom. The maximum Gasteiger partial charge on any atom is 0.0252 e. The molecule has 1 aliphatic carbocycles. The predicted molar refractivity (Wildman–Crippen MR) is 88.0 cm³/mol. The summed E-state index contributed by atoms with van der Waals surface area (Å²) in [5.41, 5.74) is 0. The predicted octanol–water partition coefficient (Wildman–Crippen LogP) is 3.91. The molecule has 1 N–H and O–H groups in total. The number of likely N-dealkylation sites (N-methyl/N-ethyl adjacent to an activating group) is 1. The Morgan fingerprint density at radius 2 is 1.85 bits per heavy atom. The first-order valence-corrected chi connectivity index (χ1v) is 9.13. The van der Waals surface area contributed by atoms with Crippen molar-refractivity contribution in [1.29, 1.82) is 0 Å². The smallest absolute Gasteiger partial charge is 0.0252 e. The first-order chi connectivity index (χ1) is 9.65. The molecule has 1 saturated carbocycles. The maximum atomic E-state index is 3.78. The lowest BCUT2D eigenvalue weighted by Crippen LogP contribution is -2.56. The van der Waals surface area contributed by atoms with Crippen LogP contribution in [0.25, 0.3) is 0 Å². The van der Waals surface area contributed by atoms with Crippen LogP contribution in [0.15, 0.2) is 0 Å². The molecule has 5 atom stereocenters. The fourth-order valence-corrected chi connectivity index (χ4v) is 4.40. The third kappa shape index (κ3) is 3.98. The number of rotatable bonds is 5. The van der Waals surface area contributed by atoms with Gasteiger partial charge >= 0.3 is 0 Å². The average Bonchev–Trinajstić information content (AvgIpc) is 2.44. The zero-order valence-corrected chi connectivity index (χ0v) is 14.2. The van der Waals surface area contributed by atoms with Crippen LogP contribution in [0.5, 0.6) is 0 Å². The molecule has 0 aromatic heterocycles. The summed E-state index contributed by atoms with van der Waals surface area (Å²) >= 11 is 0. The molecule has 2 aliphatic rings. The molecule has 0 spiro atoms. The highest BCUT2D eigenvalue weighted by molar-refractivity contribution is 4.93. The number of nitrogens with zero attached hydrogens (tertiary/aromatic N) is 1. The van der Waals surface area contributed by atoms with E-state index < -0.39 is 0 Å². The van der Waals surface area contributed by atoms with Gasteiger partial charge in [0.2, 0.25) is 0 Å². The van der Waals surface area contributed by atoms with Gasteiger partial charge in [0.15, 0.2) is 0 Å². The van der Waals surface area contributed by atoms with E-state index in [-0.39, 0.29) is 0 Å². The Kier molecular flexibility index (Phi) is 6.35. The first-order valence-electron chi connectivity index (χ1n) is 9.13. The summed E-state index contributed by atoms with van der Waals surface area (Å²) in [5, 5.41) is 3.78. The van der Waals surface area contributed by atoms with Gasteiger partial charge in [-0.15, -0.1) is 0 Å². The number of piperidine rings is 1. The van der Waals surface area contributed by atoms with Gasteiger partial charge < -0.3 is 5.32 Å². The van der Waals surface area contributed by atoms with Crippen LogP contribution in [0, 0.1) is 17.8 Å². The number of nitrogens with one attached hydrogen (secondary N) is 1. The van der Waals surface area contributed by atoms with Crippen LogP contribution in [0.4, 0.5) is 0 Å². The fraction of sp³-hybridized carbons (Fsp3) is 1.00. The second kappa shape index (κ2) is 7.79. The summed E-state index contributed by atoms with van der Waals surface area (Å²) < 4.78 is 0. The fourth-order valence-electron chi connectivity index (χ4n) is 4.40. The molecule has 1 heterocycles. The quantitative estimate of drug-likeness (QED) is 0.821. The maximum absolute atomic E-state index is 3.78. The molecule has 20 heavy (non-hydrogen) atoms. The molecular formula is C18H36N2. The summed E-state index contributed by atoms with van der Waals surface area (Å²) in [4.78, 5) is 2.83. The van der Waals surface area contributed by atoms with Crippen molar-refractivity contribution >= 4 is 0 Å². The monoisotopic (exact) mass is 280 g/mol. The molecular weight excluding hydrogens is 244 g/mol. The van der Waals surface area contributed by atoms with E-state index in [1.807, 2.05) is 0 Å². The van der Waals surface area contributed by atoms with Crippen molar-refractivity contribution in [2.75, 3.05) is 19.6 Å². The minimum Gasteiger partial charge on any atom is -0.313 e. The molecule has 1 saturated heterocycles. The summed E-state index contributed by atoms with van der Waals surface area (Å²) in [5.74, 6) is 2.77. The van der Waals surface area contributed by atoms with Gasteiger partial charge in [0.1, 0.15) is 0 Å². The lowest BCUT2D eigenvalue weighted by atomic mass is 9.78. The molecule has 2 fully saturated rings. The van der Waals surface area contributed by atoms with E-state index in [0.29, 0.717) is 0 Å². The SMILES string of the molecule is CCCC1CCC(NCC)C(N2CCC(C)C(C)C2)C1. The van der Waals surface area contributed by atoms with E-state index in [9.17, 15) is 0 Å². The van der Waals surface area contributed by atoms with Crippen molar-refractivity contribution < 1.29 is 0 Å². The zero-order chi connectivity index (χ0) is 14.5. The molecule has 1 aliphatic heterocycles. The second-order valence-corrected chi connectivity index (χ2v) is 7.44. The molecule has 0 radical (unpaired) electrons. The lowest BCUT2D eigenvalue weighted by molar-refractivity contribution is 0.0427. The Balaban J connectivity index is 1.99. The molecule has 2 nitrogen and oxygen atoms in total. The van der Waals surface area contributed by atoms with Gasteiger partial charge in [0.25, 0.3) is 0 Å². The van der Waals surface area contributed by atoms with Crippen LogP contribution >= 0.6 is 0 Å². The minimum absolute atomic E-state index is 0.744. The molecule has 2 rings (SSSR count). The van der Waals surface area contributed by atoms with Crippen LogP contribution in [-0.2, 0) is 0 Å². The van der Waals surface area contributed by atoms with Crippen LogP contribution in [0.2, 0.25) is 0 Å². The number of hydrogen-bond acceptors (Lipinski definition) is 2. The van der Waals surface area contributed by atoms with E-state index in [2.05, 4.69) is 37.9 Å². The van der Waals surface area contributed by atoms with Gasteiger partial charge in [0, 0.05) is 18.6 Å². The van der Waals surface area contributed by atoms with Crippen LogP contribution in [0.1, 0.15) is 66.2 Å².